The van der Waals surface area contributed by atoms with E-state index >= 15 is 0 Å². The lowest BCUT2D eigenvalue weighted by Crippen LogP contribution is -2.15. The van der Waals surface area contributed by atoms with Crippen molar-refractivity contribution in [1.82, 2.24) is 19.6 Å². The molecule has 0 spiro atoms. The van der Waals surface area contributed by atoms with Crippen LogP contribution in [-0.4, -0.2) is 37.9 Å². The van der Waals surface area contributed by atoms with Gasteiger partial charge in [-0.1, -0.05) is 17.8 Å². The van der Waals surface area contributed by atoms with Gasteiger partial charge in [-0.25, -0.2) is 9.78 Å². The molecule has 9 nitrogen and oxygen atoms in total. The van der Waals surface area contributed by atoms with Gasteiger partial charge in [-0.15, -0.1) is 5.10 Å². The average Bonchev–Trinajstić information content (AvgIpc) is 3.15. The van der Waals surface area contributed by atoms with Gasteiger partial charge in [0.05, 0.1) is 5.69 Å². The van der Waals surface area contributed by atoms with Crippen molar-refractivity contribution >= 4 is 17.5 Å². The van der Waals surface area contributed by atoms with Crippen LogP contribution in [0.1, 0.15) is 11.3 Å². The van der Waals surface area contributed by atoms with Crippen LogP contribution in [0.25, 0.3) is 17.0 Å². The summed E-state index contributed by atoms with van der Waals surface area (Å²) in [5.74, 6) is 2.54. The molecule has 0 saturated heterocycles. The SMILES string of the molecule is Cc1cc(O)c(-c2ccnc3nc(SCc4ccc5c(c4)OCCO5)nn23)c(=O)o1. The number of rotatable bonds is 4. The van der Waals surface area contributed by atoms with Gasteiger partial charge in [0.1, 0.15) is 30.3 Å². The number of nitrogens with zero attached hydrogens (tertiary/aromatic N) is 4. The van der Waals surface area contributed by atoms with Gasteiger partial charge >= 0.3 is 5.63 Å². The first-order valence-corrected chi connectivity index (χ1v) is 10.1. The highest BCUT2D eigenvalue weighted by Crippen LogP contribution is 2.33. The molecule has 4 heterocycles. The monoisotopic (exact) mass is 424 g/mol. The molecule has 0 bridgehead atoms. The molecule has 1 aromatic carbocycles. The van der Waals surface area contributed by atoms with Crippen LogP contribution in [0.5, 0.6) is 17.2 Å². The van der Waals surface area contributed by atoms with E-state index in [0.717, 1.165) is 17.1 Å². The third kappa shape index (κ3) is 3.35. The van der Waals surface area contributed by atoms with Crippen molar-refractivity contribution in [2.75, 3.05) is 13.2 Å². The first-order valence-electron chi connectivity index (χ1n) is 9.16. The molecule has 0 aliphatic carbocycles. The molecule has 1 aliphatic heterocycles. The Hall–Kier alpha value is -3.53. The fraction of sp³-hybridized carbons (Fsp3) is 0.200. The summed E-state index contributed by atoms with van der Waals surface area (Å²) in [5.41, 5.74) is 0.750. The molecule has 0 fully saturated rings. The first kappa shape index (κ1) is 18.5. The molecule has 1 N–H and O–H groups in total. The number of aromatic nitrogens is 4. The molecule has 10 heteroatoms. The summed E-state index contributed by atoms with van der Waals surface area (Å²) in [6.07, 6.45) is 1.51. The smallest absolute Gasteiger partial charge is 0.349 e. The molecule has 152 valence electrons. The van der Waals surface area contributed by atoms with Crippen LogP contribution in [0.15, 0.2) is 50.9 Å². The molecule has 1 aliphatic rings. The van der Waals surface area contributed by atoms with E-state index in [9.17, 15) is 9.90 Å². The largest absolute Gasteiger partial charge is 0.507 e. The standard InChI is InChI=1S/C20H16N4O5S/c1-11-8-14(25)17(18(26)29-11)13-4-5-21-19-22-20(23-24(13)19)30-10-12-2-3-15-16(9-12)28-7-6-27-15/h2-5,8-9,25H,6-7,10H2,1H3. The zero-order chi connectivity index (χ0) is 20.7. The second kappa shape index (κ2) is 7.38. The molecular weight excluding hydrogens is 408 g/mol. The van der Waals surface area contributed by atoms with Gasteiger partial charge in [0.15, 0.2) is 11.5 Å². The summed E-state index contributed by atoms with van der Waals surface area (Å²) in [6.45, 7) is 2.68. The predicted octanol–water partition coefficient (Wildman–Crippen LogP) is 2.82. The number of benzene rings is 1. The highest BCUT2D eigenvalue weighted by atomic mass is 32.2. The third-order valence-corrected chi connectivity index (χ3v) is 5.41. The van der Waals surface area contributed by atoms with Crippen molar-refractivity contribution in [3.05, 3.63) is 58.3 Å². The van der Waals surface area contributed by atoms with Crippen LogP contribution in [0.3, 0.4) is 0 Å². The Morgan fingerprint density at radius 2 is 2.00 bits per heavy atom. The molecule has 30 heavy (non-hydrogen) atoms. The Balaban J connectivity index is 1.45. The van der Waals surface area contributed by atoms with E-state index in [1.807, 2.05) is 18.2 Å². The number of ether oxygens (including phenoxy) is 2. The summed E-state index contributed by atoms with van der Waals surface area (Å²) >= 11 is 1.42. The van der Waals surface area contributed by atoms with Crippen molar-refractivity contribution in [1.29, 1.82) is 0 Å². The lowest BCUT2D eigenvalue weighted by molar-refractivity contribution is 0.171. The predicted molar refractivity (Wildman–Crippen MR) is 108 cm³/mol. The van der Waals surface area contributed by atoms with Crippen LogP contribution < -0.4 is 15.1 Å². The maximum Gasteiger partial charge on any atom is 0.349 e. The van der Waals surface area contributed by atoms with Crippen molar-refractivity contribution in [3.8, 4) is 28.5 Å². The van der Waals surface area contributed by atoms with E-state index in [4.69, 9.17) is 13.9 Å². The van der Waals surface area contributed by atoms with Crippen molar-refractivity contribution in [2.24, 2.45) is 0 Å². The highest BCUT2D eigenvalue weighted by Gasteiger charge is 2.18. The summed E-state index contributed by atoms with van der Waals surface area (Å²) < 4.78 is 17.7. The van der Waals surface area contributed by atoms with Crippen LogP contribution in [0.4, 0.5) is 0 Å². The summed E-state index contributed by atoms with van der Waals surface area (Å²) in [6, 6.07) is 8.77. The number of hydrogen-bond acceptors (Lipinski definition) is 9. The molecule has 0 radical (unpaired) electrons. The molecule has 0 amide bonds. The lowest BCUT2D eigenvalue weighted by atomic mass is 10.2. The Kier molecular flexibility index (Phi) is 4.55. The fourth-order valence-corrected chi connectivity index (χ4v) is 3.94. The van der Waals surface area contributed by atoms with E-state index in [1.54, 1.807) is 13.0 Å². The van der Waals surface area contributed by atoms with Crippen molar-refractivity contribution < 1.29 is 19.0 Å². The average molecular weight is 424 g/mol. The minimum Gasteiger partial charge on any atom is -0.507 e. The lowest BCUT2D eigenvalue weighted by Gasteiger charge is -2.18. The summed E-state index contributed by atoms with van der Waals surface area (Å²) in [5, 5.41) is 15.2. The Bertz CT molecular complexity index is 1320. The minimum absolute atomic E-state index is 0.0151. The second-order valence-corrected chi connectivity index (χ2v) is 7.55. The van der Waals surface area contributed by atoms with E-state index < -0.39 is 5.63 Å². The third-order valence-electron chi connectivity index (χ3n) is 4.51. The molecule has 3 aromatic heterocycles. The number of aryl methyl sites for hydroxylation is 1. The zero-order valence-electron chi connectivity index (χ0n) is 15.9. The zero-order valence-corrected chi connectivity index (χ0v) is 16.7. The molecule has 0 saturated carbocycles. The number of aromatic hydroxyl groups is 1. The molecular formula is C20H16N4O5S. The van der Waals surface area contributed by atoms with Crippen LogP contribution >= 0.6 is 11.8 Å². The van der Waals surface area contributed by atoms with Gasteiger partial charge in [0.25, 0.3) is 5.78 Å². The first-order chi connectivity index (χ1) is 14.6. The number of hydrogen-bond donors (Lipinski definition) is 1. The second-order valence-electron chi connectivity index (χ2n) is 6.61. The summed E-state index contributed by atoms with van der Waals surface area (Å²) in [4.78, 5) is 20.9. The van der Waals surface area contributed by atoms with Gasteiger partial charge in [-0.05, 0) is 30.7 Å². The van der Waals surface area contributed by atoms with Crippen molar-refractivity contribution in [2.45, 2.75) is 17.8 Å². The van der Waals surface area contributed by atoms with Gasteiger partial charge in [-0.2, -0.15) is 9.50 Å². The van der Waals surface area contributed by atoms with Crippen molar-refractivity contribution in [3.63, 3.8) is 0 Å². The maximum atomic E-state index is 12.3. The Labute approximate surface area is 174 Å². The number of thioether (sulfide) groups is 1. The van der Waals surface area contributed by atoms with E-state index in [0.29, 0.717) is 41.4 Å². The summed E-state index contributed by atoms with van der Waals surface area (Å²) in [7, 11) is 0. The van der Waals surface area contributed by atoms with E-state index in [-0.39, 0.29) is 11.3 Å². The van der Waals surface area contributed by atoms with Crippen LogP contribution in [0.2, 0.25) is 0 Å². The van der Waals surface area contributed by atoms with Crippen LogP contribution in [0, 0.1) is 6.92 Å². The molecule has 0 atom stereocenters. The maximum absolute atomic E-state index is 12.3. The molecule has 4 aromatic rings. The van der Waals surface area contributed by atoms with Gasteiger partial charge < -0.3 is 19.0 Å². The van der Waals surface area contributed by atoms with Gasteiger partial charge in [0, 0.05) is 18.0 Å². The quantitative estimate of drug-likeness (QED) is 0.494. The van der Waals surface area contributed by atoms with Crippen LogP contribution in [-0.2, 0) is 5.75 Å². The Morgan fingerprint density at radius 1 is 1.17 bits per heavy atom. The topological polar surface area (TPSA) is 112 Å². The normalized spacial score (nSPS) is 13.0. The van der Waals surface area contributed by atoms with E-state index in [2.05, 4.69) is 15.1 Å². The minimum atomic E-state index is -0.652. The van der Waals surface area contributed by atoms with Gasteiger partial charge in [0.2, 0.25) is 5.16 Å². The highest BCUT2D eigenvalue weighted by molar-refractivity contribution is 7.98. The van der Waals surface area contributed by atoms with E-state index in [1.165, 1.54) is 28.5 Å². The fourth-order valence-electron chi connectivity index (χ4n) is 3.18. The number of fused-ring (bicyclic) bond motifs is 2. The Morgan fingerprint density at radius 3 is 2.83 bits per heavy atom. The van der Waals surface area contributed by atoms with Gasteiger partial charge in [-0.3, -0.25) is 0 Å². The molecule has 5 rings (SSSR count). The molecule has 0 unspecified atom stereocenters.